The van der Waals surface area contributed by atoms with E-state index in [0.29, 0.717) is 6.42 Å². The number of carboxylic acids is 1. The van der Waals surface area contributed by atoms with Crippen molar-refractivity contribution in [1.82, 2.24) is 0 Å². The molecule has 0 aliphatic carbocycles. The second-order valence-corrected chi connectivity index (χ2v) is 4.96. The van der Waals surface area contributed by atoms with Crippen LogP contribution in [-0.2, 0) is 19.4 Å². The van der Waals surface area contributed by atoms with Crippen LogP contribution in [0.25, 0.3) is 0 Å². The second-order valence-electron chi connectivity index (χ2n) is 2.73. The fraction of sp³-hybridized carbons (Fsp3) is 0.833. The summed E-state index contributed by atoms with van der Waals surface area (Å²) in [6.07, 6.45) is -0.0126. The molecule has 5 nitrogen and oxygen atoms in total. The monoisotopic (exact) mass is 194 g/mol. The zero-order valence-corrected chi connectivity index (χ0v) is 7.21. The zero-order chi connectivity index (χ0) is 9.19. The third-order valence-electron chi connectivity index (χ3n) is 1.63. The summed E-state index contributed by atoms with van der Waals surface area (Å²) < 4.78 is 26.5. The van der Waals surface area contributed by atoms with E-state index in [9.17, 15) is 13.2 Å². The third-order valence-corrected chi connectivity index (χ3v) is 3.37. The Kier molecular flexibility index (Phi) is 2.69. The van der Waals surface area contributed by atoms with Crippen molar-refractivity contribution in [2.75, 3.05) is 18.1 Å². The fourth-order valence-electron chi connectivity index (χ4n) is 1.08. The Morgan fingerprint density at radius 3 is 2.67 bits per heavy atom. The number of carbonyl (C=O) groups is 1. The van der Waals surface area contributed by atoms with Crippen molar-refractivity contribution in [2.45, 2.75) is 12.5 Å². The molecule has 0 aromatic heterocycles. The first-order chi connectivity index (χ1) is 5.49. The number of hydrogen-bond acceptors (Lipinski definition) is 4. The van der Waals surface area contributed by atoms with Gasteiger partial charge in [-0.1, -0.05) is 0 Å². The molecule has 1 rings (SSSR count). The first-order valence-corrected chi connectivity index (χ1v) is 5.35. The molecule has 1 N–H and O–H groups in total. The average molecular weight is 194 g/mol. The minimum atomic E-state index is -2.96. The van der Waals surface area contributed by atoms with E-state index in [-0.39, 0.29) is 11.5 Å². The van der Waals surface area contributed by atoms with Crippen LogP contribution in [-0.4, -0.2) is 43.7 Å². The van der Waals surface area contributed by atoms with Crippen molar-refractivity contribution < 1.29 is 23.1 Å². The van der Waals surface area contributed by atoms with E-state index in [1.807, 2.05) is 0 Å². The standard InChI is InChI=1S/C6H10O5S/c7-6(8)3-11-5-1-2-12(9,10)4-5/h5H,1-4H2,(H,7,8). The third kappa shape index (κ3) is 2.78. The highest BCUT2D eigenvalue weighted by molar-refractivity contribution is 7.91. The Bertz CT molecular complexity index is 268. The number of aliphatic carboxylic acids is 1. The van der Waals surface area contributed by atoms with Crippen LogP contribution >= 0.6 is 0 Å². The van der Waals surface area contributed by atoms with Crippen molar-refractivity contribution in [1.29, 1.82) is 0 Å². The summed E-state index contributed by atoms with van der Waals surface area (Å²) in [5, 5.41) is 8.23. The summed E-state index contributed by atoms with van der Waals surface area (Å²) in [5.41, 5.74) is 0. The molecule has 1 aliphatic rings. The van der Waals surface area contributed by atoms with Gasteiger partial charge in [-0.2, -0.15) is 0 Å². The Morgan fingerprint density at radius 2 is 2.25 bits per heavy atom. The van der Waals surface area contributed by atoms with Crippen LogP contribution in [0.3, 0.4) is 0 Å². The van der Waals surface area contributed by atoms with E-state index in [4.69, 9.17) is 9.84 Å². The lowest BCUT2D eigenvalue weighted by Gasteiger charge is -2.05. The highest BCUT2D eigenvalue weighted by Gasteiger charge is 2.28. The first-order valence-electron chi connectivity index (χ1n) is 3.53. The molecule has 1 fully saturated rings. The summed E-state index contributed by atoms with van der Waals surface area (Å²) in [6, 6.07) is 0. The van der Waals surface area contributed by atoms with Crippen LogP contribution in [0.1, 0.15) is 6.42 Å². The molecule has 0 saturated carbocycles. The van der Waals surface area contributed by atoms with Gasteiger partial charge in [-0.05, 0) is 6.42 Å². The largest absolute Gasteiger partial charge is 0.480 e. The summed E-state index contributed by atoms with van der Waals surface area (Å²) in [7, 11) is -2.96. The number of rotatable bonds is 3. The number of hydrogen-bond donors (Lipinski definition) is 1. The van der Waals surface area contributed by atoms with E-state index < -0.39 is 28.5 Å². The molecule has 1 aliphatic heterocycles. The summed E-state index contributed by atoms with van der Waals surface area (Å²) in [6.45, 7) is -0.416. The normalized spacial score (nSPS) is 27.2. The van der Waals surface area contributed by atoms with E-state index >= 15 is 0 Å². The minimum absolute atomic E-state index is 0.0414. The Hall–Kier alpha value is -0.620. The van der Waals surface area contributed by atoms with Crippen LogP contribution in [0, 0.1) is 0 Å². The van der Waals surface area contributed by atoms with Gasteiger partial charge in [0.1, 0.15) is 6.61 Å². The Labute approximate surface area is 70.3 Å². The highest BCUT2D eigenvalue weighted by Crippen LogP contribution is 2.14. The molecule has 0 aromatic rings. The van der Waals surface area contributed by atoms with Crippen LogP contribution in [0.2, 0.25) is 0 Å². The van der Waals surface area contributed by atoms with Gasteiger partial charge in [0, 0.05) is 0 Å². The lowest BCUT2D eigenvalue weighted by atomic mass is 10.3. The summed E-state index contributed by atoms with van der Waals surface area (Å²) in [4.78, 5) is 10.0. The van der Waals surface area contributed by atoms with E-state index in [2.05, 4.69) is 0 Å². The lowest BCUT2D eigenvalue weighted by Crippen LogP contribution is -2.19. The van der Waals surface area contributed by atoms with Crippen molar-refractivity contribution >= 4 is 15.8 Å². The maximum absolute atomic E-state index is 10.9. The summed E-state index contributed by atoms with van der Waals surface area (Å²) in [5.74, 6) is -1.00. The molecular weight excluding hydrogens is 184 g/mol. The molecule has 6 heteroatoms. The maximum Gasteiger partial charge on any atom is 0.329 e. The first kappa shape index (κ1) is 9.47. The average Bonchev–Trinajstić information content (AvgIpc) is 2.26. The Balaban J connectivity index is 2.34. The van der Waals surface area contributed by atoms with Gasteiger partial charge in [0.25, 0.3) is 0 Å². The SMILES string of the molecule is O=C(O)COC1CCS(=O)(=O)C1. The molecule has 0 aromatic carbocycles. The molecule has 0 amide bonds. The van der Waals surface area contributed by atoms with Gasteiger partial charge in [0.05, 0.1) is 17.6 Å². The topological polar surface area (TPSA) is 80.7 Å². The van der Waals surface area contributed by atoms with Gasteiger partial charge in [0.15, 0.2) is 9.84 Å². The van der Waals surface area contributed by atoms with Crippen LogP contribution in [0.15, 0.2) is 0 Å². The van der Waals surface area contributed by atoms with Crippen LogP contribution < -0.4 is 0 Å². The van der Waals surface area contributed by atoms with Gasteiger partial charge >= 0.3 is 5.97 Å². The molecule has 12 heavy (non-hydrogen) atoms. The fourth-order valence-corrected chi connectivity index (χ4v) is 2.70. The van der Waals surface area contributed by atoms with Gasteiger partial charge in [0.2, 0.25) is 0 Å². The van der Waals surface area contributed by atoms with E-state index in [1.54, 1.807) is 0 Å². The predicted octanol–water partition coefficient (Wildman–Crippen LogP) is -0.725. The lowest BCUT2D eigenvalue weighted by molar-refractivity contribution is -0.143. The van der Waals surface area contributed by atoms with Crippen LogP contribution in [0.4, 0.5) is 0 Å². The number of sulfone groups is 1. The molecular formula is C6H10O5S. The molecule has 1 saturated heterocycles. The van der Waals surface area contributed by atoms with Gasteiger partial charge in [-0.15, -0.1) is 0 Å². The van der Waals surface area contributed by atoms with Gasteiger partial charge < -0.3 is 9.84 Å². The van der Waals surface area contributed by atoms with Crippen molar-refractivity contribution in [2.24, 2.45) is 0 Å². The molecule has 70 valence electrons. The molecule has 0 spiro atoms. The Morgan fingerprint density at radius 1 is 1.58 bits per heavy atom. The van der Waals surface area contributed by atoms with Crippen LogP contribution in [0.5, 0.6) is 0 Å². The predicted molar refractivity (Wildman–Crippen MR) is 40.6 cm³/mol. The van der Waals surface area contributed by atoms with Crippen molar-refractivity contribution in [3.05, 3.63) is 0 Å². The molecule has 0 radical (unpaired) electrons. The van der Waals surface area contributed by atoms with Gasteiger partial charge in [-0.25, -0.2) is 13.2 Å². The van der Waals surface area contributed by atoms with E-state index in [1.165, 1.54) is 0 Å². The molecule has 1 heterocycles. The second kappa shape index (κ2) is 3.40. The maximum atomic E-state index is 10.9. The zero-order valence-electron chi connectivity index (χ0n) is 6.39. The number of ether oxygens (including phenoxy) is 1. The van der Waals surface area contributed by atoms with E-state index in [0.717, 1.165) is 0 Å². The quantitative estimate of drug-likeness (QED) is 0.641. The smallest absolute Gasteiger partial charge is 0.329 e. The molecule has 1 atom stereocenters. The van der Waals surface area contributed by atoms with Crippen molar-refractivity contribution in [3.8, 4) is 0 Å². The number of carboxylic acid groups (broad SMARTS) is 1. The summed E-state index contributed by atoms with van der Waals surface area (Å²) >= 11 is 0. The molecule has 0 bridgehead atoms. The molecule has 1 unspecified atom stereocenters. The minimum Gasteiger partial charge on any atom is -0.480 e. The van der Waals surface area contributed by atoms with Gasteiger partial charge in [-0.3, -0.25) is 0 Å². The van der Waals surface area contributed by atoms with Crippen molar-refractivity contribution in [3.63, 3.8) is 0 Å². The highest BCUT2D eigenvalue weighted by atomic mass is 32.2.